The molecule has 0 saturated heterocycles. The van der Waals surface area contributed by atoms with Gasteiger partial charge in [0.1, 0.15) is 0 Å². The van der Waals surface area contributed by atoms with E-state index < -0.39 is 0 Å². The fourth-order valence-corrected chi connectivity index (χ4v) is 3.80. The number of hydrogen-bond acceptors (Lipinski definition) is 1. The molecule has 1 fully saturated rings. The molecule has 0 unspecified atom stereocenters. The van der Waals surface area contributed by atoms with Crippen molar-refractivity contribution in [2.75, 3.05) is 7.05 Å². The van der Waals surface area contributed by atoms with E-state index in [0.717, 1.165) is 17.6 Å². The van der Waals surface area contributed by atoms with E-state index in [0.29, 0.717) is 0 Å². The molecule has 22 heavy (non-hydrogen) atoms. The van der Waals surface area contributed by atoms with E-state index in [1.54, 1.807) is 0 Å². The summed E-state index contributed by atoms with van der Waals surface area (Å²) in [5.74, 6) is 0. The maximum atomic E-state index is 6.33. The summed E-state index contributed by atoms with van der Waals surface area (Å²) < 4.78 is 0. The van der Waals surface area contributed by atoms with Crippen molar-refractivity contribution < 1.29 is 0 Å². The molecule has 1 aliphatic carbocycles. The summed E-state index contributed by atoms with van der Waals surface area (Å²) in [5.41, 5.74) is 1.26. The fraction of sp³-hybridized carbons (Fsp3) is 0.700. The summed E-state index contributed by atoms with van der Waals surface area (Å²) in [6.07, 6.45) is 15.5. The van der Waals surface area contributed by atoms with Crippen LogP contribution in [0.5, 0.6) is 0 Å². The molecule has 1 aromatic carbocycles. The summed E-state index contributed by atoms with van der Waals surface area (Å²) in [7, 11) is 2.28. The Bertz CT molecular complexity index is 406. The van der Waals surface area contributed by atoms with Gasteiger partial charge >= 0.3 is 0 Å². The number of halogens is 1. The largest absolute Gasteiger partial charge is 0.299 e. The van der Waals surface area contributed by atoms with Crippen LogP contribution in [0.2, 0.25) is 5.02 Å². The van der Waals surface area contributed by atoms with Gasteiger partial charge in [0.15, 0.2) is 0 Å². The van der Waals surface area contributed by atoms with E-state index >= 15 is 0 Å². The molecule has 1 aliphatic rings. The van der Waals surface area contributed by atoms with Crippen molar-refractivity contribution in [2.45, 2.75) is 83.2 Å². The van der Waals surface area contributed by atoms with Crippen LogP contribution in [-0.2, 0) is 6.54 Å². The van der Waals surface area contributed by atoms with Gasteiger partial charge in [-0.15, -0.1) is 0 Å². The van der Waals surface area contributed by atoms with Crippen LogP contribution in [0, 0.1) is 0 Å². The average Bonchev–Trinajstić information content (AvgIpc) is 2.50. The monoisotopic (exact) mass is 321 g/mol. The molecule has 0 N–H and O–H groups in total. The molecule has 0 spiro atoms. The molecule has 1 saturated carbocycles. The Morgan fingerprint density at radius 2 is 1.36 bits per heavy atom. The Balaban J connectivity index is 1.89. The van der Waals surface area contributed by atoms with E-state index in [1.807, 2.05) is 12.1 Å². The quantitative estimate of drug-likeness (QED) is 0.618. The number of rotatable bonds is 3. The molecule has 0 aromatic heterocycles. The minimum Gasteiger partial charge on any atom is -0.299 e. The van der Waals surface area contributed by atoms with E-state index in [1.165, 1.54) is 76.2 Å². The van der Waals surface area contributed by atoms with Gasteiger partial charge in [-0.2, -0.15) is 0 Å². The van der Waals surface area contributed by atoms with E-state index in [2.05, 4.69) is 24.1 Å². The molecule has 0 radical (unpaired) electrons. The SMILES string of the molecule is CN(Cc1ccccc1Cl)C1CCCCCCCCCCC1. The number of benzene rings is 1. The Labute approximate surface area is 142 Å². The van der Waals surface area contributed by atoms with Crippen molar-refractivity contribution in [3.63, 3.8) is 0 Å². The van der Waals surface area contributed by atoms with Crippen LogP contribution < -0.4 is 0 Å². The third kappa shape index (κ3) is 6.30. The molecular weight excluding hydrogens is 290 g/mol. The maximum absolute atomic E-state index is 6.33. The Hall–Kier alpha value is -0.530. The first-order valence-corrected chi connectivity index (χ1v) is 9.59. The second-order valence-corrected chi connectivity index (χ2v) is 7.33. The molecule has 124 valence electrons. The van der Waals surface area contributed by atoms with Crippen LogP contribution in [0.4, 0.5) is 0 Å². The normalized spacial score (nSPS) is 19.6. The van der Waals surface area contributed by atoms with E-state index in [4.69, 9.17) is 11.6 Å². The minimum absolute atomic E-state index is 0.718. The Kier molecular flexibility index (Phi) is 8.33. The molecule has 1 aromatic rings. The summed E-state index contributed by atoms with van der Waals surface area (Å²) in [4.78, 5) is 2.53. The lowest BCUT2D eigenvalue weighted by Crippen LogP contribution is -2.31. The third-order valence-corrected chi connectivity index (χ3v) is 5.44. The lowest BCUT2D eigenvalue weighted by Gasteiger charge is -2.29. The smallest absolute Gasteiger partial charge is 0.0451 e. The highest BCUT2D eigenvalue weighted by atomic mass is 35.5. The minimum atomic E-state index is 0.718. The van der Waals surface area contributed by atoms with Crippen molar-refractivity contribution in [1.29, 1.82) is 0 Å². The Morgan fingerprint density at radius 3 is 1.91 bits per heavy atom. The van der Waals surface area contributed by atoms with Crippen LogP contribution in [0.3, 0.4) is 0 Å². The van der Waals surface area contributed by atoms with Crippen molar-refractivity contribution >= 4 is 11.6 Å². The zero-order valence-electron chi connectivity index (χ0n) is 14.2. The standard InChI is InChI=1S/C20H32ClN/c1-22(17-18-13-11-12-16-20(18)21)19-14-9-7-5-3-2-4-6-8-10-15-19/h11-13,16,19H,2-10,14-15,17H2,1H3. The van der Waals surface area contributed by atoms with Crippen LogP contribution in [0.25, 0.3) is 0 Å². The first-order valence-electron chi connectivity index (χ1n) is 9.21. The van der Waals surface area contributed by atoms with Crippen LogP contribution in [0.1, 0.15) is 76.2 Å². The topological polar surface area (TPSA) is 3.24 Å². The average molecular weight is 322 g/mol. The summed E-state index contributed by atoms with van der Waals surface area (Å²) in [6.45, 7) is 0.977. The lowest BCUT2D eigenvalue weighted by molar-refractivity contribution is 0.201. The molecule has 0 aliphatic heterocycles. The van der Waals surface area contributed by atoms with Gasteiger partial charge < -0.3 is 0 Å². The predicted octanol–water partition coefficient (Wildman–Crippen LogP) is 6.45. The first-order chi connectivity index (χ1) is 10.8. The molecule has 1 nitrogen and oxygen atoms in total. The number of hydrogen-bond donors (Lipinski definition) is 0. The van der Waals surface area contributed by atoms with Crippen molar-refractivity contribution in [3.8, 4) is 0 Å². The highest BCUT2D eigenvalue weighted by Crippen LogP contribution is 2.23. The molecule has 0 bridgehead atoms. The van der Waals surface area contributed by atoms with Gasteiger partial charge in [0.2, 0.25) is 0 Å². The Morgan fingerprint density at radius 1 is 0.864 bits per heavy atom. The highest BCUT2D eigenvalue weighted by molar-refractivity contribution is 6.31. The van der Waals surface area contributed by atoms with Gasteiger partial charge in [0.25, 0.3) is 0 Å². The van der Waals surface area contributed by atoms with Crippen LogP contribution in [0.15, 0.2) is 24.3 Å². The molecule has 2 heteroatoms. The summed E-state index contributed by atoms with van der Waals surface area (Å²) >= 11 is 6.33. The van der Waals surface area contributed by atoms with Gasteiger partial charge in [0, 0.05) is 17.6 Å². The highest BCUT2D eigenvalue weighted by Gasteiger charge is 2.16. The molecule has 0 heterocycles. The van der Waals surface area contributed by atoms with Gasteiger partial charge in [-0.25, -0.2) is 0 Å². The van der Waals surface area contributed by atoms with Gasteiger partial charge in [-0.3, -0.25) is 4.90 Å². The molecule has 0 amide bonds. The molecular formula is C20H32ClN. The summed E-state index contributed by atoms with van der Waals surface area (Å²) in [5, 5.41) is 0.905. The van der Waals surface area contributed by atoms with Crippen LogP contribution >= 0.6 is 11.6 Å². The third-order valence-electron chi connectivity index (χ3n) is 5.08. The van der Waals surface area contributed by atoms with Crippen molar-refractivity contribution in [3.05, 3.63) is 34.9 Å². The fourth-order valence-electron chi connectivity index (χ4n) is 3.61. The molecule has 0 atom stereocenters. The van der Waals surface area contributed by atoms with Crippen LogP contribution in [-0.4, -0.2) is 18.0 Å². The van der Waals surface area contributed by atoms with E-state index in [9.17, 15) is 0 Å². The van der Waals surface area contributed by atoms with Gasteiger partial charge in [-0.1, -0.05) is 87.6 Å². The second kappa shape index (κ2) is 10.3. The number of nitrogens with zero attached hydrogens (tertiary/aromatic N) is 1. The zero-order valence-corrected chi connectivity index (χ0v) is 15.0. The summed E-state index contributed by atoms with van der Waals surface area (Å²) in [6, 6.07) is 8.99. The van der Waals surface area contributed by atoms with E-state index in [-0.39, 0.29) is 0 Å². The molecule has 2 rings (SSSR count). The van der Waals surface area contributed by atoms with Gasteiger partial charge in [0.05, 0.1) is 0 Å². The predicted molar refractivity (Wildman–Crippen MR) is 97.5 cm³/mol. The van der Waals surface area contributed by atoms with Crippen molar-refractivity contribution in [1.82, 2.24) is 4.90 Å². The zero-order chi connectivity index (χ0) is 15.6. The lowest BCUT2D eigenvalue weighted by atomic mass is 9.97. The van der Waals surface area contributed by atoms with Crippen molar-refractivity contribution in [2.24, 2.45) is 0 Å². The first kappa shape index (κ1) is 17.8. The van der Waals surface area contributed by atoms with Gasteiger partial charge in [-0.05, 0) is 31.5 Å². The maximum Gasteiger partial charge on any atom is 0.0451 e. The second-order valence-electron chi connectivity index (χ2n) is 6.92.